The molecule has 2 amide bonds. The Balaban J connectivity index is 1.28. The lowest BCUT2D eigenvalue weighted by Gasteiger charge is -2.37. The number of ether oxygens (including phenoxy) is 2. The lowest BCUT2D eigenvalue weighted by atomic mass is 9.87. The van der Waals surface area contributed by atoms with Crippen molar-refractivity contribution in [2.24, 2.45) is 5.92 Å². The lowest BCUT2D eigenvalue weighted by molar-refractivity contribution is -0.252. The summed E-state index contributed by atoms with van der Waals surface area (Å²) < 4.78 is 42.4. The van der Waals surface area contributed by atoms with Crippen LogP contribution in [0.3, 0.4) is 0 Å². The topological polar surface area (TPSA) is 88.2 Å². The number of para-hydroxylation sites is 1. The van der Waals surface area contributed by atoms with Gasteiger partial charge in [-0.15, -0.1) is 0 Å². The Kier molecular flexibility index (Phi) is 8.91. The molecule has 1 N–H and O–H groups in total. The molecule has 1 saturated carbocycles. The van der Waals surface area contributed by atoms with E-state index in [1.165, 1.54) is 18.1 Å². The normalized spacial score (nSPS) is 22.2. The minimum absolute atomic E-state index is 0.0303. The lowest BCUT2D eigenvalue weighted by Crippen LogP contribution is -2.54. The van der Waals surface area contributed by atoms with Crippen molar-refractivity contribution >= 4 is 40.8 Å². The number of alkyl halides is 1. The number of amides is 2. The molecule has 2 heterocycles. The van der Waals surface area contributed by atoms with Gasteiger partial charge in [-0.05, 0) is 74.3 Å². The summed E-state index contributed by atoms with van der Waals surface area (Å²) in [6.45, 7) is 1.17. The summed E-state index contributed by atoms with van der Waals surface area (Å²) in [6, 6.07) is 9.38. The molecule has 11 heteroatoms. The van der Waals surface area contributed by atoms with E-state index in [0.29, 0.717) is 64.6 Å². The maximum absolute atomic E-state index is 16.5. The number of hydrogen-bond donors (Lipinski definition) is 1. The van der Waals surface area contributed by atoms with Crippen molar-refractivity contribution in [3.05, 3.63) is 58.4 Å². The highest BCUT2D eigenvalue weighted by Gasteiger charge is 2.49. The van der Waals surface area contributed by atoms with Gasteiger partial charge >= 0.3 is 18.0 Å². The number of carbonyl (C=O) groups is 3. The molecule has 41 heavy (non-hydrogen) atoms. The van der Waals surface area contributed by atoms with E-state index < -0.39 is 36.1 Å². The van der Waals surface area contributed by atoms with Gasteiger partial charge in [0.15, 0.2) is 0 Å². The van der Waals surface area contributed by atoms with Gasteiger partial charge in [-0.2, -0.15) is 4.39 Å². The van der Waals surface area contributed by atoms with Gasteiger partial charge in [0.1, 0.15) is 5.82 Å². The van der Waals surface area contributed by atoms with Gasteiger partial charge in [-0.3, -0.25) is 14.5 Å². The average Bonchev–Trinajstić information content (AvgIpc) is 3.67. The van der Waals surface area contributed by atoms with E-state index >= 15 is 8.78 Å². The number of halogens is 3. The molecule has 8 nitrogen and oxygen atoms in total. The smallest absolute Gasteiger partial charge is 0.330 e. The highest BCUT2D eigenvalue weighted by Crippen LogP contribution is 2.36. The monoisotopic (exact) mass is 589 g/mol. The van der Waals surface area contributed by atoms with E-state index in [2.05, 4.69) is 5.32 Å². The summed E-state index contributed by atoms with van der Waals surface area (Å²) in [7, 11) is 1.34. The van der Waals surface area contributed by atoms with Gasteiger partial charge in [-0.1, -0.05) is 29.8 Å². The first-order valence-corrected chi connectivity index (χ1v) is 14.4. The first-order chi connectivity index (χ1) is 19.7. The third kappa shape index (κ3) is 6.24. The van der Waals surface area contributed by atoms with E-state index in [1.807, 2.05) is 24.3 Å². The van der Waals surface area contributed by atoms with Crippen LogP contribution in [0, 0.1) is 11.7 Å². The second-order valence-corrected chi connectivity index (χ2v) is 11.3. The van der Waals surface area contributed by atoms with Crippen LogP contribution in [0.2, 0.25) is 5.02 Å². The highest BCUT2D eigenvalue weighted by molar-refractivity contribution is 6.34. The molecular formula is C30H34ClF2N3O5. The van der Waals surface area contributed by atoms with Gasteiger partial charge in [0.25, 0.3) is 0 Å². The first-order valence-electron chi connectivity index (χ1n) is 14.1. The van der Waals surface area contributed by atoms with E-state index in [9.17, 15) is 14.4 Å². The fraction of sp³-hybridized carbons (Fsp3) is 0.500. The molecule has 2 aromatic rings. The number of ketones is 1. The van der Waals surface area contributed by atoms with Gasteiger partial charge < -0.3 is 14.8 Å². The van der Waals surface area contributed by atoms with Crippen molar-refractivity contribution in [2.45, 2.75) is 63.4 Å². The number of likely N-dealkylation sites (tertiary alicyclic amines) is 1. The van der Waals surface area contributed by atoms with Crippen LogP contribution in [0.5, 0.6) is 0 Å². The maximum atomic E-state index is 16.5. The minimum Gasteiger partial charge on any atom is -0.469 e. The molecule has 0 radical (unpaired) electrons. The van der Waals surface area contributed by atoms with Crippen molar-refractivity contribution < 1.29 is 32.6 Å². The molecule has 0 aromatic heterocycles. The molecular weight excluding hydrogens is 556 g/mol. The second-order valence-electron chi connectivity index (χ2n) is 10.9. The molecule has 5 rings (SSSR count). The van der Waals surface area contributed by atoms with Crippen LogP contribution in [-0.4, -0.2) is 61.5 Å². The molecule has 220 valence electrons. The predicted molar refractivity (Wildman–Crippen MR) is 150 cm³/mol. The number of nitrogens with one attached hydrogen (secondary N) is 1. The number of urea groups is 1. The fourth-order valence-electron chi connectivity index (χ4n) is 5.96. The molecule has 2 aliphatic heterocycles. The second kappa shape index (κ2) is 12.4. The highest BCUT2D eigenvalue weighted by atomic mass is 35.5. The Hall–Kier alpha value is -3.08. The number of hydrogen-bond acceptors (Lipinski definition) is 6. The zero-order valence-corrected chi connectivity index (χ0v) is 23.7. The Labute approximate surface area is 242 Å². The molecule has 0 spiro atoms. The Morgan fingerprint density at radius 1 is 1.07 bits per heavy atom. The van der Waals surface area contributed by atoms with Gasteiger partial charge in [0.05, 0.1) is 29.8 Å². The third-order valence-electron chi connectivity index (χ3n) is 8.25. The van der Waals surface area contributed by atoms with Gasteiger partial charge in [0, 0.05) is 31.7 Å². The van der Waals surface area contributed by atoms with Crippen molar-refractivity contribution in [1.29, 1.82) is 0 Å². The molecule has 1 atom stereocenters. The fourth-order valence-corrected chi connectivity index (χ4v) is 6.19. The molecule has 1 unspecified atom stereocenters. The SMILES string of the molecule is COC(=O)C1CCC(OC(F)(C(=O)Cc2cc(Cl)c(NC(=O)N3CCc4ccccc43)cc2F)N2CCCC2)CC1. The summed E-state index contributed by atoms with van der Waals surface area (Å²) in [4.78, 5) is 41.1. The number of fused-ring (bicyclic) bond motifs is 1. The minimum atomic E-state index is -2.73. The van der Waals surface area contributed by atoms with E-state index in [0.717, 1.165) is 17.3 Å². The molecule has 1 aliphatic carbocycles. The van der Waals surface area contributed by atoms with E-state index in [1.54, 1.807) is 4.90 Å². The van der Waals surface area contributed by atoms with Crippen molar-refractivity contribution in [2.75, 3.05) is 37.0 Å². The number of esters is 1. The molecule has 0 bridgehead atoms. The predicted octanol–water partition coefficient (Wildman–Crippen LogP) is 5.65. The summed E-state index contributed by atoms with van der Waals surface area (Å²) in [5, 5.41) is 2.68. The Bertz CT molecular complexity index is 1310. The van der Waals surface area contributed by atoms with Gasteiger partial charge in [-0.25, -0.2) is 14.1 Å². The first kappa shape index (κ1) is 29.4. The van der Waals surface area contributed by atoms with Crippen LogP contribution in [0.1, 0.15) is 49.7 Å². The molecule has 3 aliphatic rings. The van der Waals surface area contributed by atoms with Crippen LogP contribution in [0.25, 0.3) is 0 Å². The Morgan fingerprint density at radius 3 is 2.49 bits per heavy atom. The summed E-state index contributed by atoms with van der Waals surface area (Å²) in [5.74, 6) is -5.01. The Morgan fingerprint density at radius 2 is 1.78 bits per heavy atom. The van der Waals surface area contributed by atoms with Crippen LogP contribution in [0.4, 0.5) is 25.0 Å². The van der Waals surface area contributed by atoms with Crippen LogP contribution in [0.15, 0.2) is 36.4 Å². The largest absolute Gasteiger partial charge is 0.469 e. The molecule has 2 fully saturated rings. The average molecular weight is 590 g/mol. The molecule has 2 aromatic carbocycles. The zero-order valence-electron chi connectivity index (χ0n) is 23.0. The van der Waals surface area contributed by atoms with Crippen molar-refractivity contribution in [3.8, 4) is 0 Å². The van der Waals surface area contributed by atoms with E-state index in [-0.39, 0.29) is 28.2 Å². The number of benzene rings is 2. The number of rotatable bonds is 8. The maximum Gasteiger partial charge on any atom is 0.330 e. The standard InChI is InChI=1S/C30H34ClF2N3O5/c1-40-28(38)20-8-10-22(11-9-20)41-30(33,35-13-4-5-14-35)27(37)17-21-16-23(31)25(18-24(21)32)34-29(39)36-15-12-19-6-2-3-7-26(19)36/h2-3,6-7,16,18,20,22H,4-5,8-15,17H2,1H3,(H,34,39). The summed E-state index contributed by atoms with van der Waals surface area (Å²) in [5.41, 5.74) is 1.78. The van der Waals surface area contributed by atoms with Crippen LogP contribution < -0.4 is 10.2 Å². The third-order valence-corrected chi connectivity index (χ3v) is 8.56. The number of anilines is 2. The van der Waals surface area contributed by atoms with Crippen LogP contribution in [-0.2, 0) is 31.9 Å². The van der Waals surface area contributed by atoms with Gasteiger partial charge in [0.2, 0.25) is 5.78 Å². The molecule has 1 saturated heterocycles. The van der Waals surface area contributed by atoms with Crippen LogP contribution >= 0.6 is 11.6 Å². The number of carbonyl (C=O) groups excluding carboxylic acids is 3. The number of nitrogens with zero attached hydrogens (tertiary/aromatic N) is 2. The number of methoxy groups -OCH3 is 1. The summed E-state index contributed by atoms with van der Waals surface area (Å²) in [6.07, 6.45) is 2.76. The summed E-state index contributed by atoms with van der Waals surface area (Å²) >= 11 is 6.40. The zero-order chi connectivity index (χ0) is 29.1. The van der Waals surface area contributed by atoms with Crippen molar-refractivity contribution in [3.63, 3.8) is 0 Å². The number of Topliss-reactive ketones (excluding diaryl/α,β-unsaturated/α-hetero) is 1. The van der Waals surface area contributed by atoms with Crippen molar-refractivity contribution in [1.82, 2.24) is 4.90 Å². The quantitative estimate of drug-likeness (QED) is 0.316. The van der Waals surface area contributed by atoms with E-state index in [4.69, 9.17) is 21.1 Å².